The van der Waals surface area contributed by atoms with E-state index >= 15 is 0 Å². The fraction of sp³-hybridized carbons (Fsp3) is 0.320. The molecule has 1 aliphatic rings. The summed E-state index contributed by atoms with van der Waals surface area (Å²) >= 11 is 5.52. The lowest BCUT2D eigenvalue weighted by Crippen LogP contribution is -2.25. The molecule has 0 aromatic heterocycles. The van der Waals surface area contributed by atoms with Gasteiger partial charge in [0, 0.05) is 20.8 Å². The van der Waals surface area contributed by atoms with Crippen molar-refractivity contribution < 1.29 is 22.9 Å². The van der Waals surface area contributed by atoms with Gasteiger partial charge in [-0.05, 0) is 60.4 Å². The van der Waals surface area contributed by atoms with Crippen molar-refractivity contribution in [3.8, 4) is 11.5 Å². The number of hydrogen-bond donors (Lipinski definition) is 1. The van der Waals surface area contributed by atoms with Crippen molar-refractivity contribution in [3.63, 3.8) is 0 Å². The first-order valence-electron chi connectivity index (χ1n) is 11.3. The van der Waals surface area contributed by atoms with E-state index in [1.807, 2.05) is 42.5 Å². The molecule has 0 saturated carbocycles. The van der Waals surface area contributed by atoms with Crippen molar-refractivity contribution in [1.82, 2.24) is 10.1 Å². The quantitative estimate of drug-likeness (QED) is 0.181. The predicted octanol–water partition coefficient (Wildman–Crippen LogP) is 6.16. The lowest BCUT2D eigenvalue weighted by molar-refractivity contribution is 0.260. The maximum Gasteiger partial charge on any atom is 0.540 e. The minimum atomic E-state index is -3.43. The smallest absolute Gasteiger partial charge is 0.497 e. The van der Waals surface area contributed by atoms with Gasteiger partial charge in [-0.25, -0.2) is 0 Å². The van der Waals surface area contributed by atoms with Crippen LogP contribution in [0.15, 0.2) is 77.4 Å². The van der Waals surface area contributed by atoms with Gasteiger partial charge in [-0.3, -0.25) is 14.4 Å². The number of nitrogens with zero attached hydrogens (tertiary/aromatic N) is 2. The number of ether oxygens (including phenoxy) is 1. The van der Waals surface area contributed by atoms with Crippen LogP contribution >= 0.6 is 14.7 Å². The fourth-order valence-corrected chi connectivity index (χ4v) is 5.83. The van der Waals surface area contributed by atoms with Crippen LogP contribution in [0.2, 0.25) is 0 Å². The van der Waals surface area contributed by atoms with Gasteiger partial charge in [0.25, 0.3) is 0 Å². The maximum atomic E-state index is 13.3. The van der Waals surface area contributed by atoms with E-state index in [-0.39, 0.29) is 0 Å². The van der Waals surface area contributed by atoms with Crippen molar-refractivity contribution >= 4 is 32.7 Å². The molecule has 0 amide bonds. The van der Waals surface area contributed by atoms with Crippen molar-refractivity contribution in [2.75, 3.05) is 34.9 Å². The van der Waals surface area contributed by atoms with Crippen LogP contribution in [0.3, 0.4) is 0 Å². The molecule has 2 unspecified atom stereocenters. The number of benzene rings is 2. The molecule has 0 aliphatic heterocycles. The van der Waals surface area contributed by atoms with Crippen LogP contribution in [-0.4, -0.2) is 45.9 Å². The zero-order chi connectivity index (χ0) is 26.0. The second-order valence-corrected chi connectivity index (χ2v) is 12.4. The minimum absolute atomic E-state index is 0.582. The lowest BCUT2D eigenvalue weighted by Gasteiger charge is -2.26. The average molecular weight is 549 g/mol. The summed E-state index contributed by atoms with van der Waals surface area (Å²) in [4.78, 5) is 0. The van der Waals surface area contributed by atoms with E-state index in [1.165, 1.54) is 19.8 Å². The van der Waals surface area contributed by atoms with Crippen molar-refractivity contribution in [2.24, 2.45) is 5.10 Å². The van der Waals surface area contributed by atoms with E-state index in [2.05, 4.69) is 22.6 Å². The van der Waals surface area contributed by atoms with E-state index in [4.69, 9.17) is 30.1 Å². The van der Waals surface area contributed by atoms with Gasteiger partial charge in [-0.1, -0.05) is 40.7 Å². The Balaban J connectivity index is 1.66. The molecule has 0 heterocycles. The highest BCUT2D eigenvalue weighted by atomic mass is 32.4. The molecular weight excluding hydrogens is 516 g/mol. The molecule has 36 heavy (non-hydrogen) atoms. The van der Waals surface area contributed by atoms with Crippen molar-refractivity contribution in [1.29, 1.82) is 0 Å². The molecule has 192 valence electrons. The first-order valence-corrected chi connectivity index (χ1v) is 15.2. The van der Waals surface area contributed by atoms with Gasteiger partial charge in [-0.2, -0.15) is 0 Å². The van der Waals surface area contributed by atoms with E-state index < -0.39 is 20.5 Å². The molecule has 11 heteroatoms. The van der Waals surface area contributed by atoms with Crippen LogP contribution in [0.25, 0.3) is 0 Å². The largest absolute Gasteiger partial charge is 0.540 e. The first-order chi connectivity index (χ1) is 17.4. The number of allylic oxidation sites excluding steroid dienone is 3. The summed E-state index contributed by atoms with van der Waals surface area (Å²) < 4.78 is 36.6. The lowest BCUT2D eigenvalue weighted by atomic mass is 10.1. The Morgan fingerprint density at radius 1 is 1.11 bits per heavy atom. The number of hydrogen-bond acceptors (Lipinski definition) is 8. The Kier molecular flexibility index (Phi) is 10.8. The monoisotopic (exact) mass is 548 g/mol. The molecule has 1 N–H and O–H groups in total. The second kappa shape index (κ2) is 13.8. The summed E-state index contributed by atoms with van der Waals surface area (Å²) in [5.41, 5.74) is 2.92. The van der Waals surface area contributed by atoms with Gasteiger partial charge in [0.1, 0.15) is 11.5 Å². The number of hydrazone groups is 1. The summed E-state index contributed by atoms with van der Waals surface area (Å²) in [5, 5.41) is 7.75. The van der Waals surface area contributed by atoms with Crippen molar-refractivity contribution in [2.45, 2.75) is 18.6 Å². The van der Waals surface area contributed by atoms with Crippen LogP contribution < -0.4 is 14.6 Å². The first kappa shape index (κ1) is 28.2. The van der Waals surface area contributed by atoms with Crippen molar-refractivity contribution in [3.05, 3.63) is 83.5 Å². The Hall–Kier alpha value is -2.38. The Labute approximate surface area is 219 Å². The normalized spacial score (nSPS) is 14.9. The molecule has 8 nitrogen and oxygen atoms in total. The Morgan fingerprint density at radius 3 is 2.36 bits per heavy atom. The average Bonchev–Trinajstić information content (AvgIpc) is 2.93. The maximum absolute atomic E-state index is 13.3. The predicted molar refractivity (Wildman–Crippen MR) is 149 cm³/mol. The number of methoxy groups -OCH3 is 1. The standard InChI is InChI=1S/C25H32N3O5P2S/c1-28(27-19-21-10-14-23(30-2)15-11-21)34(36)33-24-16-12-22(13-17-24)25(35(29,31-3)32-4)26-18-20-8-6-5-7-9-20/h5-6,8,10-17,19,25-26H,7,9,18H2,1-4H3/q+1/b27-19+. The fourth-order valence-electron chi connectivity index (χ4n) is 3.47. The zero-order valence-electron chi connectivity index (χ0n) is 20.9. The van der Waals surface area contributed by atoms with Crippen LogP contribution in [0.5, 0.6) is 11.5 Å². The summed E-state index contributed by atoms with van der Waals surface area (Å²) in [6.45, 7) is 0.582. The summed E-state index contributed by atoms with van der Waals surface area (Å²) in [6, 6.07) is 14.8. The third kappa shape index (κ3) is 7.81. The summed E-state index contributed by atoms with van der Waals surface area (Å²) in [6.07, 6.45) is 9.93. The van der Waals surface area contributed by atoms with Crippen LogP contribution in [0.4, 0.5) is 0 Å². The number of nitrogens with one attached hydrogen (secondary N) is 1. The highest BCUT2D eigenvalue weighted by Gasteiger charge is 2.35. The highest BCUT2D eigenvalue weighted by Crippen LogP contribution is 2.58. The van der Waals surface area contributed by atoms with Gasteiger partial charge in [0.15, 0.2) is 5.75 Å². The van der Waals surface area contributed by atoms with Gasteiger partial charge >= 0.3 is 14.7 Å². The third-order valence-electron chi connectivity index (χ3n) is 5.55. The van der Waals surface area contributed by atoms with Gasteiger partial charge < -0.3 is 13.8 Å². The molecule has 1 aliphatic carbocycles. The van der Waals surface area contributed by atoms with E-state index in [1.54, 1.807) is 37.3 Å². The Bertz CT molecular complexity index is 1150. The molecule has 0 spiro atoms. The zero-order valence-corrected chi connectivity index (χ0v) is 23.5. The van der Waals surface area contributed by atoms with Crippen LogP contribution in [0, 0.1) is 0 Å². The van der Waals surface area contributed by atoms with E-state index in [9.17, 15) is 4.57 Å². The molecule has 2 aromatic carbocycles. The minimum Gasteiger partial charge on any atom is -0.497 e. The summed E-state index contributed by atoms with van der Waals surface area (Å²) in [5.74, 6) is 0.746. The van der Waals surface area contributed by atoms with Gasteiger partial charge in [0.05, 0.1) is 20.4 Å². The molecule has 0 radical (unpaired) electrons. The van der Waals surface area contributed by atoms with Gasteiger partial charge in [-0.15, -0.1) is 5.10 Å². The molecule has 3 rings (SSSR count). The van der Waals surface area contributed by atoms with Crippen LogP contribution in [0.1, 0.15) is 29.8 Å². The molecular formula is C25H32N3O5P2S+. The molecule has 2 atom stereocenters. The second-order valence-electron chi connectivity index (χ2n) is 7.89. The molecule has 0 bridgehead atoms. The van der Waals surface area contributed by atoms with Crippen LogP contribution in [-0.2, 0) is 25.4 Å². The molecule has 0 saturated heterocycles. The SMILES string of the molecule is COc1ccc(/C=N/N(C)[P+](=S)Oc2ccc(C(NCC3=CC=CCC3)P(=O)(OC)OC)cc2)cc1. The highest BCUT2D eigenvalue weighted by molar-refractivity contribution is 8.02. The Morgan fingerprint density at radius 2 is 1.78 bits per heavy atom. The topological polar surface area (TPSA) is 81.6 Å². The van der Waals surface area contributed by atoms with Gasteiger partial charge in [0.2, 0.25) is 11.8 Å². The molecule has 2 aromatic rings. The third-order valence-corrected chi connectivity index (χ3v) is 9.56. The molecule has 0 fully saturated rings. The van der Waals surface area contributed by atoms with E-state index in [0.29, 0.717) is 12.3 Å². The summed E-state index contributed by atoms with van der Waals surface area (Å²) in [7, 11) is 1.33. The number of rotatable bonds is 13. The van der Waals surface area contributed by atoms with E-state index in [0.717, 1.165) is 29.7 Å².